The minimum Gasteiger partial charge on any atom is -0.503 e. The molecule has 1 aliphatic heterocycles. The number of nitrogens with zero attached hydrogens (tertiary/aromatic N) is 1. The second kappa shape index (κ2) is 7.60. The maximum absolute atomic E-state index is 13.4. The van der Waals surface area contributed by atoms with Crippen LogP contribution in [0.4, 0.5) is 10.1 Å². The van der Waals surface area contributed by atoms with Crippen molar-refractivity contribution in [3.8, 4) is 5.75 Å². The number of methoxy groups -OCH3 is 1. The van der Waals surface area contributed by atoms with Gasteiger partial charge in [0, 0.05) is 16.3 Å². The lowest BCUT2D eigenvalue weighted by Crippen LogP contribution is -2.30. The van der Waals surface area contributed by atoms with Crippen LogP contribution in [0.2, 0.25) is 5.02 Å². The summed E-state index contributed by atoms with van der Waals surface area (Å²) in [7, 11) is 1.56. The zero-order valence-corrected chi connectivity index (χ0v) is 16.2. The molecule has 1 amide bonds. The lowest BCUT2D eigenvalue weighted by molar-refractivity contribution is -0.117. The van der Waals surface area contributed by atoms with Gasteiger partial charge in [0.1, 0.15) is 11.6 Å². The maximum Gasteiger partial charge on any atom is 0.294 e. The third-order valence-electron chi connectivity index (χ3n) is 4.91. The van der Waals surface area contributed by atoms with Crippen molar-refractivity contribution in [2.24, 2.45) is 0 Å². The first-order chi connectivity index (χ1) is 14.0. The van der Waals surface area contributed by atoms with Crippen molar-refractivity contribution >= 4 is 28.8 Å². The summed E-state index contributed by atoms with van der Waals surface area (Å²) >= 11 is 6.46. The summed E-state index contributed by atoms with van der Waals surface area (Å²) in [6.07, 6.45) is 0. The molecule has 4 nitrogen and oxygen atoms in total. The van der Waals surface area contributed by atoms with E-state index in [4.69, 9.17) is 16.3 Å². The molecule has 0 fully saturated rings. The van der Waals surface area contributed by atoms with Crippen LogP contribution in [-0.4, -0.2) is 18.1 Å². The standard InChI is InChI=1S/C23H17ClFNO3/c1-29-17-12-6-14(7-13-17)20-21(18-4-2-3-5-19(18)24)26(23(28)22(20)27)16-10-8-15(25)9-11-16/h2-13,21,27H,1H3/t21-/m1/s1. The third kappa shape index (κ3) is 3.34. The largest absolute Gasteiger partial charge is 0.503 e. The highest BCUT2D eigenvalue weighted by Crippen LogP contribution is 2.47. The molecule has 1 atom stereocenters. The molecule has 0 bridgehead atoms. The molecule has 0 radical (unpaired) electrons. The van der Waals surface area contributed by atoms with E-state index in [1.54, 1.807) is 49.6 Å². The van der Waals surface area contributed by atoms with Gasteiger partial charge in [-0.25, -0.2) is 4.39 Å². The van der Waals surface area contributed by atoms with Crippen molar-refractivity contribution in [2.75, 3.05) is 12.0 Å². The fraction of sp³-hybridized carbons (Fsp3) is 0.0870. The number of ether oxygens (including phenoxy) is 1. The van der Waals surface area contributed by atoms with Gasteiger partial charge in [0.2, 0.25) is 0 Å². The van der Waals surface area contributed by atoms with E-state index >= 15 is 0 Å². The fourth-order valence-electron chi connectivity index (χ4n) is 3.53. The molecule has 146 valence electrons. The number of carbonyl (C=O) groups excluding carboxylic acids is 1. The normalized spacial score (nSPS) is 16.4. The van der Waals surface area contributed by atoms with E-state index in [0.717, 1.165) is 0 Å². The van der Waals surface area contributed by atoms with Gasteiger partial charge in [-0.05, 0) is 53.6 Å². The first-order valence-corrected chi connectivity index (χ1v) is 9.30. The van der Waals surface area contributed by atoms with Gasteiger partial charge >= 0.3 is 0 Å². The summed E-state index contributed by atoms with van der Waals surface area (Å²) < 4.78 is 18.6. The smallest absolute Gasteiger partial charge is 0.294 e. The number of rotatable bonds is 4. The molecule has 3 aromatic carbocycles. The number of carbonyl (C=O) groups is 1. The average molecular weight is 410 g/mol. The van der Waals surface area contributed by atoms with Gasteiger partial charge < -0.3 is 9.84 Å². The fourth-order valence-corrected chi connectivity index (χ4v) is 3.77. The molecule has 0 aromatic heterocycles. The predicted octanol–water partition coefficient (Wildman–Crippen LogP) is 5.54. The zero-order valence-electron chi connectivity index (χ0n) is 15.5. The molecule has 1 aliphatic rings. The SMILES string of the molecule is COc1ccc(C2=C(O)C(=O)N(c3ccc(F)cc3)[C@@H]2c2ccccc2Cl)cc1. The Hall–Kier alpha value is -3.31. The number of aliphatic hydroxyl groups is 1. The van der Waals surface area contributed by atoms with Crippen molar-refractivity contribution in [3.63, 3.8) is 0 Å². The molecule has 6 heteroatoms. The highest BCUT2D eigenvalue weighted by Gasteiger charge is 2.42. The summed E-state index contributed by atoms with van der Waals surface area (Å²) in [5.74, 6) is -0.707. The Morgan fingerprint density at radius 1 is 1.00 bits per heavy atom. The van der Waals surface area contributed by atoms with Crippen LogP contribution in [0.3, 0.4) is 0 Å². The van der Waals surface area contributed by atoms with Gasteiger partial charge in [0.15, 0.2) is 5.76 Å². The Labute approximate surface area is 172 Å². The molecule has 0 aliphatic carbocycles. The zero-order chi connectivity index (χ0) is 20.5. The monoisotopic (exact) mass is 409 g/mol. The predicted molar refractivity (Wildman–Crippen MR) is 111 cm³/mol. The van der Waals surface area contributed by atoms with E-state index in [9.17, 15) is 14.3 Å². The molecule has 0 spiro atoms. The molecule has 0 unspecified atom stereocenters. The first-order valence-electron chi connectivity index (χ1n) is 8.92. The topological polar surface area (TPSA) is 49.8 Å². The van der Waals surface area contributed by atoms with Crippen LogP contribution in [0, 0.1) is 5.82 Å². The molecular formula is C23H17ClFNO3. The Balaban J connectivity index is 1.91. The number of anilines is 1. The van der Waals surface area contributed by atoms with Crippen LogP contribution in [0.25, 0.3) is 5.57 Å². The molecule has 4 rings (SSSR count). The van der Waals surface area contributed by atoms with E-state index in [1.165, 1.54) is 29.2 Å². The third-order valence-corrected chi connectivity index (χ3v) is 5.26. The van der Waals surface area contributed by atoms with E-state index in [2.05, 4.69) is 0 Å². The summed E-state index contributed by atoms with van der Waals surface area (Å²) in [6, 6.07) is 19.1. The van der Waals surface area contributed by atoms with E-state index < -0.39 is 17.8 Å². The van der Waals surface area contributed by atoms with Crippen molar-refractivity contribution in [1.29, 1.82) is 0 Å². The van der Waals surface area contributed by atoms with E-state index in [0.29, 0.717) is 33.2 Å². The minimum absolute atomic E-state index is 0.371. The van der Waals surface area contributed by atoms with Gasteiger partial charge in [0.25, 0.3) is 5.91 Å². The van der Waals surface area contributed by atoms with Crippen molar-refractivity contribution in [1.82, 2.24) is 0 Å². The summed E-state index contributed by atoms with van der Waals surface area (Å²) in [5, 5.41) is 11.2. The van der Waals surface area contributed by atoms with Crippen LogP contribution >= 0.6 is 11.6 Å². The summed E-state index contributed by atoms with van der Waals surface area (Å²) in [4.78, 5) is 14.5. The molecular weight excluding hydrogens is 393 g/mol. The van der Waals surface area contributed by atoms with Crippen LogP contribution in [-0.2, 0) is 4.79 Å². The number of benzene rings is 3. The van der Waals surface area contributed by atoms with Crippen LogP contribution in [0.15, 0.2) is 78.6 Å². The van der Waals surface area contributed by atoms with Gasteiger partial charge in [-0.2, -0.15) is 0 Å². The Bertz CT molecular complexity index is 1090. The van der Waals surface area contributed by atoms with Crippen LogP contribution in [0.5, 0.6) is 5.75 Å². The van der Waals surface area contributed by atoms with Gasteiger partial charge in [-0.15, -0.1) is 0 Å². The molecule has 29 heavy (non-hydrogen) atoms. The van der Waals surface area contributed by atoms with Crippen molar-refractivity contribution in [2.45, 2.75) is 6.04 Å². The van der Waals surface area contributed by atoms with Crippen LogP contribution in [0.1, 0.15) is 17.2 Å². The molecule has 3 aromatic rings. The number of hydrogen-bond donors (Lipinski definition) is 1. The Kier molecular flexibility index (Phi) is 4.99. The quantitative estimate of drug-likeness (QED) is 0.615. The van der Waals surface area contributed by atoms with Crippen LogP contribution < -0.4 is 9.64 Å². The van der Waals surface area contributed by atoms with Crippen molar-refractivity contribution in [3.05, 3.63) is 101 Å². The second-order valence-corrected chi connectivity index (χ2v) is 6.97. The van der Waals surface area contributed by atoms with E-state index in [-0.39, 0.29) is 5.76 Å². The van der Waals surface area contributed by atoms with Gasteiger partial charge in [0.05, 0.1) is 13.2 Å². The minimum atomic E-state index is -0.671. The summed E-state index contributed by atoms with van der Waals surface area (Å²) in [6.45, 7) is 0. The Morgan fingerprint density at radius 3 is 2.28 bits per heavy atom. The molecule has 0 saturated carbocycles. The number of aliphatic hydroxyl groups excluding tert-OH is 1. The Morgan fingerprint density at radius 2 is 1.66 bits per heavy atom. The second-order valence-electron chi connectivity index (χ2n) is 6.57. The highest BCUT2D eigenvalue weighted by atomic mass is 35.5. The van der Waals surface area contributed by atoms with E-state index in [1.807, 2.05) is 6.07 Å². The highest BCUT2D eigenvalue weighted by molar-refractivity contribution is 6.32. The van der Waals surface area contributed by atoms with Crippen molar-refractivity contribution < 1.29 is 19.0 Å². The van der Waals surface area contributed by atoms with Gasteiger partial charge in [-0.1, -0.05) is 41.9 Å². The first kappa shape index (κ1) is 19.0. The number of hydrogen-bond acceptors (Lipinski definition) is 3. The lowest BCUT2D eigenvalue weighted by Gasteiger charge is -2.28. The molecule has 1 N–H and O–H groups in total. The lowest BCUT2D eigenvalue weighted by atomic mass is 9.93. The number of halogens is 2. The average Bonchev–Trinajstić information content (AvgIpc) is 3.00. The summed E-state index contributed by atoms with van der Waals surface area (Å²) in [5.41, 5.74) is 2.19. The maximum atomic E-state index is 13.4. The molecule has 1 heterocycles. The number of amides is 1. The molecule has 0 saturated heterocycles. The van der Waals surface area contributed by atoms with Gasteiger partial charge in [-0.3, -0.25) is 9.69 Å².